The molecule has 2 aromatic rings. The Balaban J connectivity index is 1.94. The topological polar surface area (TPSA) is 70.1 Å². The van der Waals surface area contributed by atoms with Gasteiger partial charge in [-0.1, -0.05) is 62.4 Å². The number of nitrogens with zero attached hydrogens (tertiary/aromatic N) is 2. The number of allylic oxidation sites excluding steroid dienone is 1. The van der Waals surface area contributed by atoms with Gasteiger partial charge in [0.2, 0.25) is 0 Å². The molecule has 0 aliphatic carbocycles. The molecule has 1 unspecified atom stereocenters. The van der Waals surface area contributed by atoms with Gasteiger partial charge >= 0.3 is 0 Å². The smallest absolute Gasteiger partial charge is 0.290 e. The zero-order valence-electron chi connectivity index (χ0n) is 19.5. The third kappa shape index (κ3) is 5.71. The lowest BCUT2D eigenvalue weighted by atomic mass is 9.95. The second-order valence-electron chi connectivity index (χ2n) is 7.80. The molecule has 6 heteroatoms. The number of ketones is 1. The number of hydrogen-bond acceptors (Lipinski definition) is 5. The summed E-state index contributed by atoms with van der Waals surface area (Å²) in [5.41, 5.74) is 1.73. The van der Waals surface area contributed by atoms with Gasteiger partial charge in [-0.25, -0.2) is 0 Å². The summed E-state index contributed by atoms with van der Waals surface area (Å²) < 4.78 is 5.54. The van der Waals surface area contributed by atoms with Crippen molar-refractivity contribution in [2.75, 3.05) is 32.8 Å². The number of hydrogen-bond donors (Lipinski definition) is 1. The third-order valence-electron chi connectivity index (χ3n) is 5.85. The van der Waals surface area contributed by atoms with E-state index in [1.807, 2.05) is 61.5 Å². The van der Waals surface area contributed by atoms with Gasteiger partial charge in [0.25, 0.3) is 5.91 Å². The summed E-state index contributed by atoms with van der Waals surface area (Å²) in [5.74, 6) is -0.659. The van der Waals surface area contributed by atoms with E-state index in [1.165, 1.54) is 6.08 Å². The van der Waals surface area contributed by atoms with E-state index in [2.05, 4.69) is 18.7 Å². The number of benzene rings is 2. The van der Waals surface area contributed by atoms with E-state index in [0.29, 0.717) is 25.4 Å². The number of amides is 1. The molecule has 0 radical (unpaired) electrons. The summed E-state index contributed by atoms with van der Waals surface area (Å²) in [6, 6.07) is 16.1. The summed E-state index contributed by atoms with van der Waals surface area (Å²) in [4.78, 5) is 30.0. The van der Waals surface area contributed by atoms with Gasteiger partial charge < -0.3 is 19.6 Å². The predicted octanol–water partition coefficient (Wildman–Crippen LogP) is 4.41. The Kier molecular flexibility index (Phi) is 8.44. The molecule has 0 spiro atoms. The Labute approximate surface area is 195 Å². The number of aliphatic hydroxyl groups is 1. The van der Waals surface area contributed by atoms with Gasteiger partial charge in [0.15, 0.2) is 11.5 Å². The summed E-state index contributed by atoms with van der Waals surface area (Å²) in [7, 11) is 0. The van der Waals surface area contributed by atoms with Crippen molar-refractivity contribution in [3.63, 3.8) is 0 Å². The first kappa shape index (κ1) is 24.3. The molecule has 1 atom stereocenters. The van der Waals surface area contributed by atoms with E-state index in [1.54, 1.807) is 11.0 Å². The van der Waals surface area contributed by atoms with E-state index >= 15 is 0 Å². The van der Waals surface area contributed by atoms with Gasteiger partial charge in [0, 0.05) is 13.1 Å². The molecule has 1 aliphatic heterocycles. The van der Waals surface area contributed by atoms with Crippen molar-refractivity contribution in [2.45, 2.75) is 26.8 Å². The monoisotopic (exact) mass is 448 g/mol. The average molecular weight is 449 g/mol. The largest absolute Gasteiger partial charge is 0.503 e. The Morgan fingerprint density at radius 3 is 2.33 bits per heavy atom. The molecule has 0 saturated carbocycles. The zero-order chi connectivity index (χ0) is 23.8. The van der Waals surface area contributed by atoms with Gasteiger partial charge in [-0.3, -0.25) is 9.59 Å². The first-order valence-electron chi connectivity index (χ1n) is 11.5. The fourth-order valence-corrected chi connectivity index (χ4v) is 4.01. The molecule has 6 nitrogen and oxygen atoms in total. The molecular weight excluding hydrogens is 416 g/mol. The molecule has 1 aliphatic rings. The van der Waals surface area contributed by atoms with Crippen molar-refractivity contribution < 1.29 is 19.4 Å². The van der Waals surface area contributed by atoms with E-state index in [0.717, 1.165) is 24.2 Å². The molecular formula is C27H32N2O4. The lowest BCUT2D eigenvalue weighted by Crippen LogP contribution is -2.38. The molecule has 0 aromatic heterocycles. The minimum absolute atomic E-state index is 0.107. The van der Waals surface area contributed by atoms with Gasteiger partial charge in [0.05, 0.1) is 18.2 Å². The predicted molar refractivity (Wildman–Crippen MR) is 130 cm³/mol. The molecule has 3 rings (SSSR count). The van der Waals surface area contributed by atoms with Crippen molar-refractivity contribution in [3.8, 4) is 5.75 Å². The van der Waals surface area contributed by atoms with Gasteiger partial charge in [0.1, 0.15) is 5.75 Å². The maximum Gasteiger partial charge on any atom is 0.290 e. The van der Waals surface area contributed by atoms with Crippen LogP contribution < -0.4 is 4.74 Å². The quantitative estimate of drug-likeness (QED) is 0.516. The SMILES string of the molecule is CCOc1ccc(C2C(C(=O)C=Cc3ccccc3)=C(O)C(=O)N2CCN(CC)CC)cc1. The van der Waals surface area contributed by atoms with Crippen LogP contribution in [0.5, 0.6) is 5.75 Å². The highest BCUT2D eigenvalue weighted by atomic mass is 16.5. The van der Waals surface area contributed by atoms with E-state index in [9.17, 15) is 14.7 Å². The van der Waals surface area contributed by atoms with Crippen LogP contribution in [0.1, 0.15) is 37.9 Å². The van der Waals surface area contributed by atoms with Crippen LogP contribution in [0.15, 0.2) is 72.0 Å². The van der Waals surface area contributed by atoms with Crippen molar-refractivity contribution in [1.29, 1.82) is 0 Å². The van der Waals surface area contributed by atoms with Crippen LogP contribution >= 0.6 is 0 Å². The number of carbonyl (C=O) groups excluding carboxylic acids is 2. The fourth-order valence-electron chi connectivity index (χ4n) is 4.01. The molecule has 0 fully saturated rings. The number of carbonyl (C=O) groups is 2. The highest BCUT2D eigenvalue weighted by Crippen LogP contribution is 2.38. The van der Waals surface area contributed by atoms with Crippen LogP contribution in [0, 0.1) is 0 Å². The lowest BCUT2D eigenvalue weighted by molar-refractivity contribution is -0.129. The second kappa shape index (κ2) is 11.5. The van der Waals surface area contributed by atoms with Crippen LogP contribution in [0.4, 0.5) is 0 Å². The van der Waals surface area contributed by atoms with Crippen molar-refractivity contribution in [2.24, 2.45) is 0 Å². The minimum atomic E-state index is -0.656. The molecule has 174 valence electrons. The van der Waals surface area contributed by atoms with Crippen molar-refractivity contribution >= 4 is 17.8 Å². The van der Waals surface area contributed by atoms with Crippen molar-refractivity contribution in [3.05, 3.63) is 83.1 Å². The highest BCUT2D eigenvalue weighted by Gasteiger charge is 2.42. The Hall–Kier alpha value is -3.38. The van der Waals surface area contributed by atoms with Crippen LogP contribution in [0.25, 0.3) is 6.08 Å². The molecule has 1 amide bonds. The maximum absolute atomic E-state index is 13.2. The van der Waals surface area contributed by atoms with Crippen LogP contribution in [-0.2, 0) is 9.59 Å². The molecule has 1 N–H and O–H groups in total. The Morgan fingerprint density at radius 2 is 1.73 bits per heavy atom. The normalized spacial score (nSPS) is 16.3. The van der Waals surface area contributed by atoms with Gasteiger partial charge in [-0.2, -0.15) is 0 Å². The molecule has 1 heterocycles. The van der Waals surface area contributed by atoms with Crippen LogP contribution in [0.2, 0.25) is 0 Å². The fraction of sp³-hybridized carbons (Fsp3) is 0.333. The van der Waals surface area contributed by atoms with Gasteiger partial charge in [-0.15, -0.1) is 0 Å². The molecule has 33 heavy (non-hydrogen) atoms. The number of rotatable bonds is 11. The third-order valence-corrected chi connectivity index (χ3v) is 5.85. The van der Waals surface area contributed by atoms with Crippen LogP contribution in [0.3, 0.4) is 0 Å². The Morgan fingerprint density at radius 1 is 1.06 bits per heavy atom. The van der Waals surface area contributed by atoms with Crippen molar-refractivity contribution in [1.82, 2.24) is 9.80 Å². The van der Waals surface area contributed by atoms with E-state index in [-0.39, 0.29) is 11.4 Å². The summed E-state index contributed by atoms with van der Waals surface area (Å²) in [5, 5.41) is 10.7. The first-order chi connectivity index (χ1) is 16.0. The number of aliphatic hydroxyl groups excluding tert-OH is 1. The highest BCUT2D eigenvalue weighted by molar-refractivity contribution is 6.14. The second-order valence-corrected chi connectivity index (χ2v) is 7.80. The van der Waals surface area contributed by atoms with Gasteiger partial charge in [-0.05, 0) is 49.3 Å². The average Bonchev–Trinajstić information content (AvgIpc) is 3.09. The standard InChI is InChI=1S/C27H32N2O4/c1-4-28(5-2)18-19-29-25(21-13-15-22(16-14-21)33-6-3)24(26(31)27(29)32)23(30)17-12-20-10-8-7-9-11-20/h7-17,25,31H,4-6,18-19H2,1-3H3. The van der Waals surface area contributed by atoms with E-state index < -0.39 is 17.7 Å². The minimum Gasteiger partial charge on any atom is -0.503 e. The van der Waals surface area contributed by atoms with E-state index in [4.69, 9.17) is 4.74 Å². The summed E-state index contributed by atoms with van der Waals surface area (Å²) in [6.45, 7) is 9.37. The van der Waals surface area contributed by atoms with Crippen LogP contribution in [-0.4, -0.2) is 59.4 Å². The zero-order valence-corrected chi connectivity index (χ0v) is 19.5. The number of likely N-dealkylation sites (N-methyl/N-ethyl adjacent to an activating group) is 1. The number of ether oxygens (including phenoxy) is 1. The summed E-state index contributed by atoms with van der Waals surface area (Å²) in [6.07, 6.45) is 3.12. The lowest BCUT2D eigenvalue weighted by Gasteiger charge is -2.29. The maximum atomic E-state index is 13.2. The molecule has 0 bridgehead atoms. The summed E-state index contributed by atoms with van der Waals surface area (Å²) >= 11 is 0. The first-order valence-corrected chi connectivity index (χ1v) is 11.5. The Bertz CT molecular complexity index is 1010. The molecule has 2 aromatic carbocycles. The molecule has 0 saturated heterocycles.